The largest absolute Gasteiger partial charge is 0.471 e. The molecule has 7 N–H and O–H groups in total. The van der Waals surface area contributed by atoms with E-state index in [2.05, 4.69) is 101 Å². The number of nitrogens with two attached hydrogens (primary N) is 2. The van der Waals surface area contributed by atoms with Crippen LogP contribution in [0, 0.1) is 0 Å². The highest BCUT2D eigenvalue weighted by molar-refractivity contribution is 5.82. The maximum absolute atomic E-state index is 13.6. The van der Waals surface area contributed by atoms with Crippen LogP contribution in [0.5, 0.6) is 0 Å². The van der Waals surface area contributed by atoms with Crippen LogP contribution in [0.1, 0.15) is 71.9 Å². The molecule has 6 rings (SSSR count). The number of nitrogens with zero attached hydrogens (tertiary/aromatic N) is 3. The van der Waals surface area contributed by atoms with Crippen LogP contribution in [0.15, 0.2) is 182 Å². The van der Waals surface area contributed by atoms with Gasteiger partial charge in [-0.15, -0.1) is 0 Å². The zero-order valence-corrected chi connectivity index (χ0v) is 45.7. The quantitative estimate of drug-likeness (QED) is 0.0170. The average Bonchev–Trinajstić information content (AvgIpc) is 2.73. The molecule has 442 valence electrons. The maximum atomic E-state index is 13.6. The molecule has 6 aromatic carbocycles. The molecule has 0 radical (unpaired) electrons. The first kappa shape index (κ1) is 65.7. The normalized spacial score (nSPS) is 12.2. The summed E-state index contributed by atoms with van der Waals surface area (Å²) in [7, 11) is 0. The van der Waals surface area contributed by atoms with E-state index >= 15 is 0 Å². The summed E-state index contributed by atoms with van der Waals surface area (Å²) >= 11 is 0. The van der Waals surface area contributed by atoms with Crippen LogP contribution in [-0.2, 0) is 25.5 Å². The zero-order chi connectivity index (χ0) is 59.5. The van der Waals surface area contributed by atoms with Crippen molar-refractivity contribution in [3.05, 3.63) is 215 Å². The molecule has 82 heavy (non-hydrogen) atoms. The molecule has 0 aliphatic rings. The number of hydrogen-bond donors (Lipinski definition) is 5. The first-order valence-electron chi connectivity index (χ1n) is 27.3. The zero-order valence-electron chi connectivity index (χ0n) is 45.7. The van der Waals surface area contributed by atoms with Gasteiger partial charge >= 0.3 is 36.3 Å². The molecule has 20 heteroatoms. The number of alkyl halides is 9. The number of carbonyl (C=O) groups excluding carboxylic acids is 3. The number of hydrogen-bond acceptors (Lipinski definition) is 8. The number of nitrogens with one attached hydrogen (secondary N) is 3. The summed E-state index contributed by atoms with van der Waals surface area (Å²) in [6, 6.07) is 59.6. The van der Waals surface area contributed by atoms with E-state index in [1.54, 1.807) is 59.9 Å². The van der Waals surface area contributed by atoms with Gasteiger partial charge in [0, 0.05) is 52.4 Å². The van der Waals surface area contributed by atoms with Crippen molar-refractivity contribution in [3.63, 3.8) is 0 Å². The van der Waals surface area contributed by atoms with E-state index in [9.17, 15) is 53.9 Å². The predicted molar refractivity (Wildman–Crippen MR) is 301 cm³/mol. The monoisotopic (exact) mass is 1150 g/mol. The van der Waals surface area contributed by atoms with E-state index < -0.39 is 67.8 Å². The molecule has 0 spiro atoms. The number of carbonyl (C=O) groups is 3. The van der Waals surface area contributed by atoms with Gasteiger partial charge in [0.1, 0.15) is 0 Å². The lowest BCUT2D eigenvalue weighted by molar-refractivity contribution is -0.185. The van der Waals surface area contributed by atoms with Gasteiger partial charge in [-0.05, 0) is 98.1 Å². The minimum atomic E-state index is -5.30. The Balaban J connectivity index is 0.000000330. The third-order valence-electron chi connectivity index (χ3n) is 13.8. The van der Waals surface area contributed by atoms with Crippen molar-refractivity contribution in [2.24, 2.45) is 11.5 Å². The van der Waals surface area contributed by atoms with Gasteiger partial charge in [0.2, 0.25) is 0 Å². The summed E-state index contributed by atoms with van der Waals surface area (Å²) in [5, 5.41) is 6.93. The molecule has 0 saturated heterocycles. The Labute approximate surface area is 474 Å². The van der Waals surface area contributed by atoms with Gasteiger partial charge in [-0.3, -0.25) is 24.2 Å². The molecule has 0 aliphatic carbocycles. The van der Waals surface area contributed by atoms with Crippen LogP contribution < -0.4 is 27.4 Å². The van der Waals surface area contributed by atoms with Crippen LogP contribution in [0.25, 0.3) is 0 Å². The highest BCUT2D eigenvalue weighted by atomic mass is 19.4. The lowest BCUT2D eigenvalue weighted by atomic mass is 9.75. The van der Waals surface area contributed by atoms with E-state index in [0.717, 1.165) is 52.0 Å². The number of amides is 3. The Kier molecular flexibility index (Phi) is 26.1. The Morgan fingerprint density at radius 1 is 0.341 bits per heavy atom. The van der Waals surface area contributed by atoms with Crippen LogP contribution in [-0.4, -0.2) is 129 Å². The predicted octanol–water partition coefficient (Wildman–Crippen LogP) is 10.2. The summed E-state index contributed by atoms with van der Waals surface area (Å²) in [4.78, 5) is 39.9. The van der Waals surface area contributed by atoms with Gasteiger partial charge in [-0.25, -0.2) is 0 Å². The molecule has 0 fully saturated rings. The molecule has 0 aromatic heterocycles. The van der Waals surface area contributed by atoms with E-state index in [1.165, 1.54) is 16.7 Å². The molecule has 3 amide bonds. The van der Waals surface area contributed by atoms with E-state index in [0.29, 0.717) is 28.1 Å². The first-order valence-corrected chi connectivity index (χ1v) is 27.3. The number of rotatable bonds is 30. The van der Waals surface area contributed by atoms with E-state index in [1.807, 2.05) is 46.6 Å². The van der Waals surface area contributed by atoms with Crippen molar-refractivity contribution in [2.75, 3.05) is 78.5 Å². The molecule has 6 aromatic rings. The Morgan fingerprint density at radius 3 is 0.915 bits per heavy atom. The van der Waals surface area contributed by atoms with Gasteiger partial charge in [0.25, 0.3) is 0 Å². The Hall–Kier alpha value is -7.10. The fraction of sp³-hybridized carbons (Fsp3) is 0.371. The molecule has 0 bridgehead atoms. The SMILES string of the molecule is NCCCNCCCN(CCCN)C(c1ccccc1)(c1ccccc1)c1ccccc1.O=C(NCCCN(CCCN(CCCNC(=O)C(F)(F)F)C(c1ccccc1)(c1ccccc1)c1ccccc1)C(=O)C(F)(F)F)C(F)(F)F. The van der Waals surface area contributed by atoms with Crippen LogP contribution in [0.4, 0.5) is 39.5 Å². The minimum absolute atomic E-state index is 0.0137. The van der Waals surface area contributed by atoms with E-state index in [-0.39, 0.29) is 38.0 Å². The summed E-state index contributed by atoms with van der Waals surface area (Å²) in [6.07, 6.45) is -13.1. The molecule has 0 aliphatic heterocycles. The molecule has 0 atom stereocenters. The summed E-state index contributed by atoms with van der Waals surface area (Å²) in [6.45, 7) is 3.10. The highest BCUT2D eigenvalue weighted by Crippen LogP contribution is 2.44. The van der Waals surface area contributed by atoms with Crippen molar-refractivity contribution in [1.29, 1.82) is 0 Å². The van der Waals surface area contributed by atoms with Gasteiger partial charge in [-0.1, -0.05) is 182 Å². The van der Waals surface area contributed by atoms with Crippen molar-refractivity contribution in [1.82, 2.24) is 30.7 Å². The van der Waals surface area contributed by atoms with Crippen molar-refractivity contribution in [2.45, 2.75) is 68.1 Å². The molecular formula is C62H73F9N8O3. The third-order valence-corrected chi connectivity index (χ3v) is 13.8. The van der Waals surface area contributed by atoms with Crippen molar-refractivity contribution < 1.29 is 53.9 Å². The highest BCUT2D eigenvalue weighted by Gasteiger charge is 2.45. The van der Waals surface area contributed by atoms with Gasteiger partial charge in [-0.2, -0.15) is 39.5 Å². The second kappa shape index (κ2) is 32.5. The second-order valence-electron chi connectivity index (χ2n) is 19.3. The fourth-order valence-electron chi connectivity index (χ4n) is 10.2. The third kappa shape index (κ3) is 18.5. The molecule has 0 heterocycles. The average molecular weight is 1150 g/mol. The van der Waals surface area contributed by atoms with Crippen molar-refractivity contribution in [3.8, 4) is 0 Å². The Morgan fingerprint density at radius 2 is 0.610 bits per heavy atom. The summed E-state index contributed by atoms with van der Waals surface area (Å²) in [5.74, 6) is -6.62. The fourth-order valence-corrected chi connectivity index (χ4v) is 10.2. The van der Waals surface area contributed by atoms with Crippen molar-refractivity contribution >= 4 is 17.7 Å². The number of halogens is 9. The lowest BCUT2D eigenvalue weighted by Crippen LogP contribution is -2.50. The van der Waals surface area contributed by atoms with Gasteiger partial charge < -0.3 is 32.3 Å². The Bertz CT molecular complexity index is 2570. The molecular weight excluding hydrogens is 1080 g/mol. The smallest absolute Gasteiger partial charge is 0.348 e. The summed E-state index contributed by atoms with van der Waals surface area (Å²) in [5.41, 5.74) is 16.1. The second-order valence-corrected chi connectivity index (χ2v) is 19.3. The number of benzene rings is 6. The molecule has 11 nitrogen and oxygen atoms in total. The van der Waals surface area contributed by atoms with Crippen LogP contribution in [0.2, 0.25) is 0 Å². The lowest BCUT2D eigenvalue weighted by Gasteiger charge is -2.46. The van der Waals surface area contributed by atoms with Gasteiger partial charge in [0.05, 0.1) is 11.1 Å². The van der Waals surface area contributed by atoms with Gasteiger partial charge in [0.15, 0.2) is 0 Å². The van der Waals surface area contributed by atoms with Crippen LogP contribution >= 0.6 is 0 Å². The molecule has 0 saturated carbocycles. The van der Waals surface area contributed by atoms with Crippen LogP contribution in [0.3, 0.4) is 0 Å². The maximum Gasteiger partial charge on any atom is 0.471 e. The first-order chi connectivity index (χ1) is 39.3. The minimum Gasteiger partial charge on any atom is -0.348 e. The molecule has 0 unspecified atom stereocenters. The standard InChI is InChI=1S/C34H35F9N4O3.C28H38N4/c35-32(36,37)28(48)44-19-10-21-46(30(50)34(41,42)43)22-12-24-47(23-11-20-45-29(49)33(38,39)40)31(25-13-4-1-5-14-25,26-15-6-2-7-16-26)27-17-8-3-9-18-27;29-19-10-21-31-22-12-24-32(23-11-20-30)28(25-13-4-1-5-14-25,26-15-6-2-7-16-26)27-17-8-3-9-18-27/h1-9,13-18H,10-12,19-24H2,(H,44,48)(H,45,49);1-9,13-18,31H,10-12,19-24,29-30H2. The topological polar surface area (TPSA) is 149 Å². The summed E-state index contributed by atoms with van der Waals surface area (Å²) < 4.78 is 117. The van der Waals surface area contributed by atoms with E-state index in [4.69, 9.17) is 11.5 Å².